The summed E-state index contributed by atoms with van der Waals surface area (Å²) in [6.07, 6.45) is 2.78. The number of amides is 2. The number of carbonyl (C=O) groups excluding carboxylic acids is 3. The maximum atomic E-state index is 13.7. The molecule has 0 aliphatic rings. The van der Waals surface area contributed by atoms with Crippen LogP contribution in [-0.4, -0.2) is 22.5 Å². The third-order valence-electron chi connectivity index (χ3n) is 6.78. The number of nitrogens with one attached hydrogen (secondary N) is 1. The summed E-state index contributed by atoms with van der Waals surface area (Å²) in [5.74, 6) is -0.157. The molecule has 0 atom stereocenters. The minimum Gasteiger partial charge on any atom is -0.457 e. The SMILES string of the molecule is CC(=O)N(c1ccc(C)cc1)c1ccc(NC(=O)C=Cc2ccc(-c3ccc([N+](=O)[O-])cc3)o2)cc1C(=O)c1ccccc1. The Morgan fingerprint density at radius 3 is 2.23 bits per heavy atom. The van der Waals surface area contributed by atoms with Crippen LogP contribution in [0.25, 0.3) is 17.4 Å². The van der Waals surface area contributed by atoms with Gasteiger partial charge < -0.3 is 9.73 Å². The Kier molecular flexibility index (Phi) is 8.57. The first kappa shape index (κ1) is 29.4. The van der Waals surface area contributed by atoms with Gasteiger partial charge in [0.15, 0.2) is 5.78 Å². The second-order valence-corrected chi connectivity index (χ2v) is 9.95. The van der Waals surface area contributed by atoms with E-state index in [1.165, 1.54) is 36.1 Å². The van der Waals surface area contributed by atoms with Gasteiger partial charge in [-0.2, -0.15) is 0 Å². The zero-order chi connectivity index (χ0) is 31.2. The van der Waals surface area contributed by atoms with E-state index in [-0.39, 0.29) is 22.9 Å². The van der Waals surface area contributed by atoms with Crippen molar-refractivity contribution in [1.29, 1.82) is 0 Å². The van der Waals surface area contributed by atoms with Crippen molar-refractivity contribution >= 4 is 46.4 Å². The first-order chi connectivity index (χ1) is 21.2. The van der Waals surface area contributed by atoms with Crippen molar-refractivity contribution in [3.63, 3.8) is 0 Å². The molecule has 0 aliphatic carbocycles. The number of nitro benzene ring substituents is 1. The Labute approximate surface area is 253 Å². The molecule has 218 valence electrons. The highest BCUT2D eigenvalue weighted by Crippen LogP contribution is 2.33. The maximum absolute atomic E-state index is 13.7. The lowest BCUT2D eigenvalue weighted by molar-refractivity contribution is -0.384. The van der Waals surface area contributed by atoms with Crippen LogP contribution >= 0.6 is 0 Å². The van der Waals surface area contributed by atoms with Crippen molar-refractivity contribution in [1.82, 2.24) is 0 Å². The molecular formula is C35H27N3O6. The van der Waals surface area contributed by atoms with Gasteiger partial charge in [-0.05, 0) is 67.6 Å². The predicted octanol–water partition coefficient (Wildman–Crippen LogP) is 7.73. The Morgan fingerprint density at radius 1 is 0.864 bits per heavy atom. The summed E-state index contributed by atoms with van der Waals surface area (Å²) in [5.41, 5.74) is 3.69. The van der Waals surface area contributed by atoms with Gasteiger partial charge in [-0.1, -0.05) is 48.0 Å². The molecule has 1 heterocycles. The minimum absolute atomic E-state index is 0.0251. The fourth-order valence-electron chi connectivity index (χ4n) is 4.61. The first-order valence-corrected chi connectivity index (χ1v) is 13.6. The molecule has 5 aromatic rings. The largest absolute Gasteiger partial charge is 0.457 e. The average molecular weight is 586 g/mol. The third-order valence-corrected chi connectivity index (χ3v) is 6.78. The van der Waals surface area contributed by atoms with E-state index in [0.717, 1.165) is 5.56 Å². The summed E-state index contributed by atoms with van der Waals surface area (Å²) in [6, 6.07) is 30.3. The van der Waals surface area contributed by atoms with Gasteiger partial charge in [0.2, 0.25) is 11.8 Å². The molecular weight excluding hydrogens is 558 g/mol. The van der Waals surface area contributed by atoms with Gasteiger partial charge in [-0.25, -0.2) is 0 Å². The topological polar surface area (TPSA) is 123 Å². The summed E-state index contributed by atoms with van der Waals surface area (Å²) in [5, 5.41) is 13.7. The molecule has 44 heavy (non-hydrogen) atoms. The van der Waals surface area contributed by atoms with Crippen LogP contribution in [0.5, 0.6) is 0 Å². The van der Waals surface area contributed by atoms with Crippen LogP contribution in [-0.2, 0) is 9.59 Å². The molecule has 0 saturated heterocycles. The monoisotopic (exact) mass is 585 g/mol. The Hall–Kier alpha value is -6.09. The molecule has 0 aliphatic heterocycles. The molecule has 9 nitrogen and oxygen atoms in total. The average Bonchev–Trinajstić information content (AvgIpc) is 3.51. The Balaban J connectivity index is 1.40. The number of hydrogen-bond acceptors (Lipinski definition) is 6. The highest BCUT2D eigenvalue weighted by molar-refractivity contribution is 6.16. The van der Waals surface area contributed by atoms with Crippen molar-refractivity contribution in [3.8, 4) is 11.3 Å². The van der Waals surface area contributed by atoms with Crippen LogP contribution in [0, 0.1) is 17.0 Å². The molecule has 2 amide bonds. The molecule has 0 bridgehead atoms. The van der Waals surface area contributed by atoms with Crippen LogP contribution in [0.3, 0.4) is 0 Å². The van der Waals surface area contributed by atoms with Gasteiger partial charge in [0, 0.05) is 53.2 Å². The van der Waals surface area contributed by atoms with Crippen LogP contribution < -0.4 is 10.2 Å². The molecule has 0 radical (unpaired) electrons. The van der Waals surface area contributed by atoms with Crippen molar-refractivity contribution in [3.05, 3.63) is 148 Å². The number of ketones is 1. The highest BCUT2D eigenvalue weighted by atomic mass is 16.6. The van der Waals surface area contributed by atoms with Crippen molar-refractivity contribution in [2.75, 3.05) is 10.2 Å². The fourth-order valence-corrected chi connectivity index (χ4v) is 4.61. The molecule has 9 heteroatoms. The van der Waals surface area contributed by atoms with E-state index in [1.54, 1.807) is 66.7 Å². The van der Waals surface area contributed by atoms with Gasteiger partial charge in [0.05, 0.1) is 10.6 Å². The van der Waals surface area contributed by atoms with E-state index >= 15 is 0 Å². The normalized spacial score (nSPS) is 10.9. The summed E-state index contributed by atoms with van der Waals surface area (Å²) >= 11 is 0. The quantitative estimate of drug-likeness (QED) is 0.0817. The van der Waals surface area contributed by atoms with Crippen LogP contribution in [0.4, 0.5) is 22.7 Å². The zero-order valence-electron chi connectivity index (χ0n) is 23.9. The van der Waals surface area contributed by atoms with Crippen molar-refractivity contribution in [2.45, 2.75) is 13.8 Å². The number of aryl methyl sites for hydroxylation is 1. The third kappa shape index (κ3) is 6.69. The van der Waals surface area contributed by atoms with Crippen molar-refractivity contribution < 1.29 is 23.7 Å². The molecule has 0 saturated carbocycles. The van der Waals surface area contributed by atoms with Gasteiger partial charge in [-0.3, -0.25) is 29.4 Å². The summed E-state index contributed by atoms with van der Waals surface area (Å²) in [6.45, 7) is 3.38. The summed E-state index contributed by atoms with van der Waals surface area (Å²) in [4.78, 5) is 51.3. The molecule has 5 rings (SSSR count). The Bertz CT molecular complexity index is 1870. The fraction of sp³-hybridized carbons (Fsp3) is 0.0571. The molecule has 4 aromatic carbocycles. The summed E-state index contributed by atoms with van der Waals surface area (Å²) < 4.78 is 5.77. The molecule has 1 aromatic heterocycles. The molecule has 0 spiro atoms. The number of nitro groups is 1. The number of hydrogen-bond donors (Lipinski definition) is 1. The predicted molar refractivity (Wildman–Crippen MR) is 169 cm³/mol. The number of rotatable bonds is 9. The van der Waals surface area contributed by atoms with Gasteiger partial charge >= 0.3 is 0 Å². The number of anilines is 3. The van der Waals surface area contributed by atoms with Crippen LogP contribution in [0.1, 0.15) is 34.2 Å². The molecule has 0 unspecified atom stereocenters. The number of furan rings is 1. The van der Waals surface area contributed by atoms with Crippen molar-refractivity contribution in [2.24, 2.45) is 0 Å². The smallest absolute Gasteiger partial charge is 0.269 e. The highest BCUT2D eigenvalue weighted by Gasteiger charge is 2.23. The minimum atomic E-state index is -0.476. The summed E-state index contributed by atoms with van der Waals surface area (Å²) in [7, 11) is 0. The van der Waals surface area contributed by atoms with E-state index in [4.69, 9.17) is 4.42 Å². The number of nitrogens with zero attached hydrogens (tertiary/aromatic N) is 2. The zero-order valence-corrected chi connectivity index (χ0v) is 23.9. The number of benzene rings is 4. The lowest BCUT2D eigenvalue weighted by Crippen LogP contribution is -2.25. The van der Waals surface area contributed by atoms with E-state index in [1.807, 2.05) is 37.3 Å². The second-order valence-electron chi connectivity index (χ2n) is 9.95. The van der Waals surface area contributed by atoms with E-state index in [0.29, 0.717) is 39.7 Å². The maximum Gasteiger partial charge on any atom is 0.269 e. The Morgan fingerprint density at radius 2 is 1.57 bits per heavy atom. The van der Waals surface area contributed by atoms with Gasteiger partial charge in [-0.15, -0.1) is 0 Å². The van der Waals surface area contributed by atoms with E-state index in [2.05, 4.69) is 5.32 Å². The van der Waals surface area contributed by atoms with Gasteiger partial charge in [0.25, 0.3) is 5.69 Å². The molecule has 1 N–H and O–H groups in total. The van der Waals surface area contributed by atoms with E-state index in [9.17, 15) is 24.5 Å². The standard InChI is InChI=1S/C35H27N3O6/c1-23-8-13-28(14-9-23)37(24(2)39)32-19-12-27(22-31(32)35(41)26-6-4-3-5-7-26)36-34(40)21-18-30-17-20-33(44-30)25-10-15-29(16-11-25)38(42)43/h3-22H,1-2H3,(H,36,40). The first-order valence-electron chi connectivity index (χ1n) is 13.6. The lowest BCUT2D eigenvalue weighted by Gasteiger charge is -2.24. The van der Waals surface area contributed by atoms with Gasteiger partial charge in [0.1, 0.15) is 11.5 Å². The second kappa shape index (κ2) is 12.8. The molecule has 0 fully saturated rings. The lowest BCUT2D eigenvalue weighted by atomic mass is 9.99. The number of carbonyl (C=O) groups is 3. The van der Waals surface area contributed by atoms with Crippen LogP contribution in [0.15, 0.2) is 120 Å². The van der Waals surface area contributed by atoms with E-state index < -0.39 is 10.8 Å². The van der Waals surface area contributed by atoms with Crippen LogP contribution in [0.2, 0.25) is 0 Å². The number of non-ortho nitro benzene ring substituents is 1.